The first-order valence-corrected chi connectivity index (χ1v) is 16.2. The largest absolute Gasteiger partial charge is 0.497 e. The normalized spacial score (nSPS) is 15.0. The molecule has 1 saturated carbocycles. The second-order valence-electron chi connectivity index (χ2n) is 12.5. The molecule has 2 N–H and O–H groups in total. The van der Waals surface area contributed by atoms with E-state index >= 15 is 0 Å². The number of aromatic nitrogens is 1. The standard InChI is InChI=1S/C37H42N4O6/c1-40(2)37(44)38-26-13-10-23(11-14-26)20-30(36(43)46-4)39-35(42)25-12-16-28-31(21-25)41-18-19-47-32-22-27(45-3)15-17-29(32)34(41)33(28)24-8-6-5-7-9-24/h10-17,21-22,24,30H,5-9,18-20H2,1-4H3,(H,38,44)(H,39,42)/t30-/m0/s1. The van der Waals surface area contributed by atoms with Crippen molar-refractivity contribution in [3.05, 3.63) is 77.4 Å². The number of methoxy groups -OCH3 is 2. The van der Waals surface area contributed by atoms with Crippen LogP contribution in [0.1, 0.15) is 59.5 Å². The van der Waals surface area contributed by atoms with E-state index in [1.54, 1.807) is 33.3 Å². The Kier molecular flexibility index (Phi) is 9.38. The fourth-order valence-electron chi connectivity index (χ4n) is 6.81. The third-order valence-electron chi connectivity index (χ3n) is 9.24. The summed E-state index contributed by atoms with van der Waals surface area (Å²) >= 11 is 0. The minimum Gasteiger partial charge on any atom is -0.497 e. The Balaban J connectivity index is 1.32. The van der Waals surface area contributed by atoms with Gasteiger partial charge >= 0.3 is 12.0 Å². The van der Waals surface area contributed by atoms with Crippen LogP contribution >= 0.6 is 0 Å². The number of hydrogen-bond donors (Lipinski definition) is 2. The number of carbonyl (C=O) groups is 3. The smallest absolute Gasteiger partial charge is 0.328 e. The second kappa shape index (κ2) is 13.8. The number of amides is 3. The van der Waals surface area contributed by atoms with Crippen LogP contribution in [0, 0.1) is 0 Å². The van der Waals surface area contributed by atoms with E-state index < -0.39 is 12.0 Å². The quantitative estimate of drug-likeness (QED) is 0.217. The molecule has 0 bridgehead atoms. The lowest BCUT2D eigenvalue weighted by molar-refractivity contribution is -0.142. The molecular formula is C37H42N4O6. The number of hydrogen-bond acceptors (Lipinski definition) is 6. The fraction of sp³-hybridized carbons (Fsp3) is 0.378. The van der Waals surface area contributed by atoms with E-state index in [0.29, 0.717) is 30.3 Å². The van der Waals surface area contributed by atoms with Gasteiger partial charge in [0.05, 0.1) is 26.5 Å². The molecule has 0 spiro atoms. The molecule has 47 heavy (non-hydrogen) atoms. The van der Waals surface area contributed by atoms with Crippen LogP contribution in [0.5, 0.6) is 11.5 Å². The van der Waals surface area contributed by atoms with Crippen molar-refractivity contribution in [2.24, 2.45) is 0 Å². The zero-order valence-corrected chi connectivity index (χ0v) is 27.4. The Labute approximate surface area is 275 Å². The number of carbonyl (C=O) groups excluding carboxylic acids is 3. The monoisotopic (exact) mass is 638 g/mol. The minimum atomic E-state index is -0.900. The minimum absolute atomic E-state index is 0.229. The number of nitrogens with one attached hydrogen (secondary N) is 2. The van der Waals surface area contributed by atoms with Gasteiger partial charge in [-0.1, -0.05) is 37.5 Å². The molecule has 3 aromatic carbocycles. The van der Waals surface area contributed by atoms with Crippen molar-refractivity contribution in [3.63, 3.8) is 0 Å². The predicted molar refractivity (Wildman–Crippen MR) is 181 cm³/mol. The molecule has 10 heteroatoms. The summed E-state index contributed by atoms with van der Waals surface area (Å²) < 4.78 is 19.1. The molecule has 3 amide bonds. The molecule has 1 aliphatic heterocycles. The lowest BCUT2D eigenvalue weighted by atomic mass is 9.81. The molecule has 1 atom stereocenters. The van der Waals surface area contributed by atoms with Crippen LogP contribution in [0.4, 0.5) is 10.5 Å². The molecule has 1 aromatic heterocycles. The second-order valence-corrected chi connectivity index (χ2v) is 12.5. The lowest BCUT2D eigenvalue weighted by Gasteiger charge is -2.23. The highest BCUT2D eigenvalue weighted by Gasteiger charge is 2.30. The predicted octanol–water partition coefficient (Wildman–Crippen LogP) is 6.36. The SMILES string of the molecule is COC(=O)[C@H](Cc1ccc(NC(=O)N(C)C)cc1)NC(=O)c1ccc2c(C3CCCCC3)c3n(c2c1)CCOc1cc(OC)ccc1-3. The van der Waals surface area contributed by atoms with E-state index in [4.69, 9.17) is 14.2 Å². The van der Waals surface area contributed by atoms with Gasteiger partial charge in [-0.15, -0.1) is 0 Å². The molecular weight excluding hydrogens is 596 g/mol. The summed E-state index contributed by atoms with van der Waals surface area (Å²) in [6, 6.07) is 17.9. The maximum Gasteiger partial charge on any atom is 0.328 e. The summed E-state index contributed by atoms with van der Waals surface area (Å²) in [6.45, 7) is 1.12. The number of rotatable bonds is 8. The maximum absolute atomic E-state index is 13.7. The summed E-state index contributed by atoms with van der Waals surface area (Å²) in [4.78, 5) is 40.0. The fourth-order valence-corrected chi connectivity index (χ4v) is 6.81. The average Bonchev–Trinajstić information content (AvgIpc) is 3.29. The highest BCUT2D eigenvalue weighted by atomic mass is 16.5. The van der Waals surface area contributed by atoms with Gasteiger partial charge in [0.15, 0.2) is 0 Å². The van der Waals surface area contributed by atoms with Crippen molar-refractivity contribution in [2.45, 2.75) is 57.0 Å². The van der Waals surface area contributed by atoms with Crippen LogP contribution in [0.3, 0.4) is 0 Å². The van der Waals surface area contributed by atoms with Crippen LogP contribution in [-0.4, -0.2) is 68.3 Å². The van der Waals surface area contributed by atoms with Crippen LogP contribution in [-0.2, 0) is 22.5 Å². The summed E-state index contributed by atoms with van der Waals surface area (Å²) in [5.74, 6) is 1.07. The van der Waals surface area contributed by atoms with E-state index in [2.05, 4.69) is 27.3 Å². The van der Waals surface area contributed by atoms with Gasteiger partial charge in [0.2, 0.25) is 0 Å². The molecule has 1 aliphatic carbocycles. The van der Waals surface area contributed by atoms with Gasteiger partial charge in [0.25, 0.3) is 5.91 Å². The lowest BCUT2D eigenvalue weighted by Crippen LogP contribution is -2.43. The Hall–Kier alpha value is -4.99. The van der Waals surface area contributed by atoms with Gasteiger partial charge in [0, 0.05) is 54.3 Å². The van der Waals surface area contributed by atoms with Crippen molar-refractivity contribution < 1.29 is 28.6 Å². The first-order valence-electron chi connectivity index (χ1n) is 16.2. The number of ether oxygens (including phenoxy) is 3. The summed E-state index contributed by atoms with van der Waals surface area (Å²) in [5, 5.41) is 6.86. The van der Waals surface area contributed by atoms with Crippen LogP contribution in [0.25, 0.3) is 22.2 Å². The number of benzene rings is 3. The number of fused-ring (bicyclic) bond motifs is 5. The Morgan fingerprint density at radius 1 is 0.979 bits per heavy atom. The molecule has 10 nitrogen and oxygen atoms in total. The van der Waals surface area contributed by atoms with Gasteiger partial charge in [-0.25, -0.2) is 9.59 Å². The Morgan fingerprint density at radius 3 is 2.45 bits per heavy atom. The topological polar surface area (TPSA) is 111 Å². The highest BCUT2D eigenvalue weighted by Crippen LogP contribution is 2.47. The molecule has 4 aromatic rings. The van der Waals surface area contributed by atoms with E-state index in [0.717, 1.165) is 52.1 Å². The van der Waals surface area contributed by atoms with Gasteiger partial charge in [0.1, 0.15) is 24.1 Å². The van der Waals surface area contributed by atoms with Crippen molar-refractivity contribution in [1.82, 2.24) is 14.8 Å². The van der Waals surface area contributed by atoms with E-state index in [1.165, 1.54) is 36.8 Å². The number of nitrogens with zero attached hydrogens (tertiary/aromatic N) is 2. The number of urea groups is 1. The Morgan fingerprint density at radius 2 is 1.74 bits per heavy atom. The molecule has 0 radical (unpaired) electrons. The number of esters is 1. The molecule has 2 aliphatic rings. The summed E-state index contributed by atoms with van der Waals surface area (Å²) in [6.07, 6.45) is 6.14. The van der Waals surface area contributed by atoms with Gasteiger partial charge in [-0.3, -0.25) is 4.79 Å². The summed E-state index contributed by atoms with van der Waals surface area (Å²) in [5.41, 5.74) is 6.38. The Bertz CT molecular complexity index is 1790. The van der Waals surface area contributed by atoms with Gasteiger partial charge in [-0.05, 0) is 66.3 Å². The van der Waals surface area contributed by atoms with Crippen molar-refractivity contribution in [3.8, 4) is 22.8 Å². The molecule has 6 rings (SSSR count). The van der Waals surface area contributed by atoms with Gasteiger partial charge in [-0.2, -0.15) is 0 Å². The molecule has 0 unspecified atom stereocenters. The third-order valence-corrected chi connectivity index (χ3v) is 9.24. The molecule has 1 fully saturated rings. The third kappa shape index (κ3) is 6.63. The molecule has 2 heterocycles. The van der Waals surface area contributed by atoms with Crippen LogP contribution in [0.2, 0.25) is 0 Å². The molecule has 0 saturated heterocycles. The van der Waals surface area contributed by atoms with E-state index in [1.807, 2.05) is 36.4 Å². The zero-order chi connectivity index (χ0) is 33.1. The first-order chi connectivity index (χ1) is 22.8. The zero-order valence-electron chi connectivity index (χ0n) is 27.4. The van der Waals surface area contributed by atoms with Crippen molar-refractivity contribution in [2.75, 3.05) is 40.2 Å². The van der Waals surface area contributed by atoms with Crippen LogP contribution in [0.15, 0.2) is 60.7 Å². The summed E-state index contributed by atoms with van der Waals surface area (Å²) in [7, 11) is 6.30. The average molecular weight is 639 g/mol. The van der Waals surface area contributed by atoms with E-state index in [-0.39, 0.29) is 18.4 Å². The van der Waals surface area contributed by atoms with Gasteiger partial charge < -0.3 is 34.3 Å². The molecule has 246 valence electrons. The van der Waals surface area contributed by atoms with Crippen LogP contribution < -0.4 is 20.1 Å². The number of anilines is 1. The maximum atomic E-state index is 13.7. The van der Waals surface area contributed by atoms with Crippen molar-refractivity contribution in [1.29, 1.82) is 0 Å². The first kappa shape index (κ1) is 32.0. The van der Waals surface area contributed by atoms with E-state index in [9.17, 15) is 14.4 Å². The highest BCUT2D eigenvalue weighted by molar-refractivity contribution is 6.02. The van der Waals surface area contributed by atoms with Crippen molar-refractivity contribution >= 4 is 34.5 Å².